The molecule has 2 unspecified atom stereocenters. The first-order chi connectivity index (χ1) is 18.1. The SMILES string of the molecule is CC(=O)N1c2ccc([C@H]3CCCN(C(=O)OC(C)(C)C)CC3)cc2C(Nc2ccccc2)C(C)[C@@H]1C1CC1. The average molecular weight is 518 g/mol. The molecule has 0 spiro atoms. The number of fused-ring (bicyclic) bond motifs is 1. The van der Waals surface area contributed by atoms with Gasteiger partial charge in [0.1, 0.15) is 5.60 Å². The van der Waals surface area contributed by atoms with Gasteiger partial charge in [0.2, 0.25) is 5.91 Å². The molecule has 0 bridgehead atoms. The van der Waals surface area contributed by atoms with Gasteiger partial charge in [-0.1, -0.05) is 37.3 Å². The number of rotatable bonds is 4. The number of nitrogens with zero attached hydrogens (tertiary/aromatic N) is 2. The summed E-state index contributed by atoms with van der Waals surface area (Å²) in [5.41, 5.74) is 4.18. The summed E-state index contributed by atoms with van der Waals surface area (Å²) in [5.74, 6) is 1.35. The number of hydrogen-bond donors (Lipinski definition) is 1. The van der Waals surface area contributed by atoms with E-state index in [1.807, 2.05) is 31.7 Å². The Balaban J connectivity index is 1.44. The highest BCUT2D eigenvalue weighted by molar-refractivity contribution is 5.94. The van der Waals surface area contributed by atoms with Gasteiger partial charge in [-0.15, -0.1) is 0 Å². The Morgan fingerprint density at radius 3 is 2.37 bits per heavy atom. The van der Waals surface area contributed by atoms with E-state index in [1.54, 1.807) is 6.92 Å². The lowest BCUT2D eigenvalue weighted by Crippen LogP contribution is -2.51. The number of anilines is 2. The summed E-state index contributed by atoms with van der Waals surface area (Å²) in [6, 6.07) is 17.5. The number of carbonyl (C=O) groups excluding carboxylic acids is 2. The number of hydrogen-bond acceptors (Lipinski definition) is 4. The van der Waals surface area contributed by atoms with Crippen LogP contribution < -0.4 is 10.2 Å². The van der Waals surface area contributed by atoms with Gasteiger partial charge in [0.05, 0.1) is 6.04 Å². The Kier molecular flexibility index (Phi) is 7.43. The molecule has 2 fully saturated rings. The Labute approximate surface area is 227 Å². The molecule has 2 heterocycles. The standard InChI is InChI=1S/C32H43N3O3/c1-21-29(33-26-11-7-6-8-12-26)27-20-25(15-16-28(27)35(22(2)36)30(21)24-13-14-24)23-10-9-18-34(19-17-23)31(37)38-32(3,4)5/h6-8,11-12,15-16,20-21,23-24,29-30,33H,9-10,13-14,17-19H2,1-5H3/t21?,23-,29?,30+/m0/s1. The fourth-order valence-electron chi connectivity index (χ4n) is 6.49. The Morgan fingerprint density at radius 1 is 0.974 bits per heavy atom. The van der Waals surface area contributed by atoms with Crippen LogP contribution >= 0.6 is 0 Å². The van der Waals surface area contributed by atoms with Crippen molar-refractivity contribution in [2.75, 3.05) is 23.3 Å². The number of carbonyl (C=O) groups is 2. The van der Waals surface area contributed by atoms with E-state index in [9.17, 15) is 9.59 Å². The van der Waals surface area contributed by atoms with Crippen LogP contribution in [0.4, 0.5) is 16.2 Å². The van der Waals surface area contributed by atoms with Gasteiger partial charge in [-0.05, 0) is 94.0 Å². The van der Waals surface area contributed by atoms with Crippen molar-refractivity contribution >= 4 is 23.4 Å². The van der Waals surface area contributed by atoms with Crippen LogP contribution in [0.25, 0.3) is 0 Å². The van der Waals surface area contributed by atoms with Gasteiger partial charge in [-0.25, -0.2) is 4.79 Å². The fourth-order valence-corrected chi connectivity index (χ4v) is 6.49. The van der Waals surface area contributed by atoms with E-state index in [0.29, 0.717) is 18.4 Å². The lowest BCUT2D eigenvalue weighted by atomic mass is 9.78. The van der Waals surface area contributed by atoms with Crippen molar-refractivity contribution in [3.05, 3.63) is 59.7 Å². The zero-order valence-corrected chi connectivity index (χ0v) is 23.6. The molecule has 2 aromatic carbocycles. The first-order valence-electron chi connectivity index (χ1n) is 14.4. The van der Waals surface area contributed by atoms with E-state index in [2.05, 4.69) is 59.6 Å². The summed E-state index contributed by atoms with van der Waals surface area (Å²) in [4.78, 5) is 29.7. The fraction of sp³-hybridized carbons (Fsp3) is 0.562. The molecular formula is C32H43N3O3. The molecule has 1 N–H and O–H groups in total. The van der Waals surface area contributed by atoms with Gasteiger partial charge >= 0.3 is 6.09 Å². The molecule has 4 atom stereocenters. The third-order valence-electron chi connectivity index (χ3n) is 8.40. The van der Waals surface area contributed by atoms with Crippen LogP contribution in [0.1, 0.15) is 89.8 Å². The van der Waals surface area contributed by atoms with Crippen LogP contribution in [0.2, 0.25) is 0 Å². The molecule has 6 heteroatoms. The highest BCUT2D eigenvalue weighted by Crippen LogP contribution is 2.50. The van der Waals surface area contributed by atoms with Crippen molar-refractivity contribution in [1.82, 2.24) is 4.90 Å². The summed E-state index contributed by atoms with van der Waals surface area (Å²) < 4.78 is 5.64. The zero-order chi connectivity index (χ0) is 27.0. The molecule has 2 aromatic rings. The minimum absolute atomic E-state index is 0.123. The number of nitrogens with one attached hydrogen (secondary N) is 1. The maximum atomic E-state index is 13.0. The van der Waals surface area contributed by atoms with Crippen molar-refractivity contribution in [3.63, 3.8) is 0 Å². The van der Waals surface area contributed by atoms with Crippen molar-refractivity contribution in [2.45, 2.75) is 90.3 Å². The zero-order valence-electron chi connectivity index (χ0n) is 23.6. The molecule has 1 saturated heterocycles. The Bertz CT molecular complexity index is 1150. The van der Waals surface area contributed by atoms with Crippen LogP contribution in [0.5, 0.6) is 0 Å². The van der Waals surface area contributed by atoms with Crippen LogP contribution in [0, 0.1) is 11.8 Å². The molecule has 5 rings (SSSR count). The summed E-state index contributed by atoms with van der Waals surface area (Å²) in [5, 5.41) is 3.84. The van der Waals surface area contributed by atoms with Crippen LogP contribution in [0.3, 0.4) is 0 Å². The molecule has 0 radical (unpaired) electrons. The average Bonchev–Trinajstić information content (AvgIpc) is 3.71. The number of benzene rings is 2. The van der Waals surface area contributed by atoms with E-state index < -0.39 is 5.60 Å². The lowest BCUT2D eigenvalue weighted by Gasteiger charge is -2.46. The highest BCUT2D eigenvalue weighted by Gasteiger charge is 2.47. The molecule has 1 saturated carbocycles. The van der Waals surface area contributed by atoms with Gasteiger partial charge in [0, 0.05) is 43.3 Å². The normalized spacial score (nSPS) is 25.8. The number of amides is 2. The van der Waals surface area contributed by atoms with E-state index in [4.69, 9.17) is 4.74 Å². The third-order valence-corrected chi connectivity index (χ3v) is 8.40. The third kappa shape index (κ3) is 5.69. The quantitative estimate of drug-likeness (QED) is 0.469. The predicted octanol–water partition coefficient (Wildman–Crippen LogP) is 7.13. The first-order valence-corrected chi connectivity index (χ1v) is 14.4. The summed E-state index contributed by atoms with van der Waals surface area (Å²) in [6.07, 6.45) is 5.07. The van der Waals surface area contributed by atoms with Crippen molar-refractivity contribution in [3.8, 4) is 0 Å². The molecule has 0 aromatic heterocycles. The van der Waals surface area contributed by atoms with Crippen molar-refractivity contribution in [1.29, 1.82) is 0 Å². The number of likely N-dealkylation sites (tertiary alicyclic amines) is 1. The van der Waals surface area contributed by atoms with Crippen molar-refractivity contribution in [2.24, 2.45) is 11.8 Å². The van der Waals surface area contributed by atoms with Gasteiger partial charge in [0.15, 0.2) is 0 Å². The topological polar surface area (TPSA) is 61.9 Å². The number of ether oxygens (including phenoxy) is 1. The van der Waals surface area contributed by atoms with Crippen LogP contribution in [-0.2, 0) is 9.53 Å². The monoisotopic (exact) mass is 517 g/mol. The number of para-hydroxylation sites is 1. The van der Waals surface area contributed by atoms with Crippen LogP contribution in [-0.4, -0.2) is 41.6 Å². The summed E-state index contributed by atoms with van der Waals surface area (Å²) in [7, 11) is 0. The second kappa shape index (κ2) is 10.6. The predicted molar refractivity (Wildman–Crippen MR) is 152 cm³/mol. The largest absolute Gasteiger partial charge is 0.444 e. The maximum Gasteiger partial charge on any atom is 0.410 e. The van der Waals surface area contributed by atoms with Gasteiger partial charge < -0.3 is 19.9 Å². The second-order valence-electron chi connectivity index (χ2n) is 12.5. The Hall–Kier alpha value is -3.02. The van der Waals surface area contributed by atoms with Gasteiger partial charge in [-0.2, -0.15) is 0 Å². The van der Waals surface area contributed by atoms with E-state index in [1.165, 1.54) is 24.0 Å². The second-order valence-corrected chi connectivity index (χ2v) is 12.5. The van der Waals surface area contributed by atoms with Crippen LogP contribution in [0.15, 0.2) is 48.5 Å². The molecule has 1 aliphatic carbocycles. The Morgan fingerprint density at radius 2 is 1.71 bits per heavy atom. The molecule has 204 valence electrons. The van der Waals surface area contributed by atoms with E-state index >= 15 is 0 Å². The molecule has 38 heavy (non-hydrogen) atoms. The first kappa shape index (κ1) is 26.6. The van der Waals surface area contributed by atoms with E-state index in [0.717, 1.165) is 37.2 Å². The van der Waals surface area contributed by atoms with Gasteiger partial charge in [-0.3, -0.25) is 4.79 Å². The molecule has 2 amide bonds. The minimum atomic E-state index is -0.486. The molecule has 3 aliphatic rings. The lowest BCUT2D eigenvalue weighted by molar-refractivity contribution is -0.117. The smallest absolute Gasteiger partial charge is 0.410 e. The van der Waals surface area contributed by atoms with E-state index in [-0.39, 0.29) is 30.0 Å². The maximum absolute atomic E-state index is 13.0. The molecular weight excluding hydrogens is 474 g/mol. The molecule has 2 aliphatic heterocycles. The van der Waals surface area contributed by atoms with Gasteiger partial charge in [0.25, 0.3) is 0 Å². The summed E-state index contributed by atoms with van der Waals surface area (Å²) >= 11 is 0. The molecule has 6 nitrogen and oxygen atoms in total. The minimum Gasteiger partial charge on any atom is -0.444 e. The van der Waals surface area contributed by atoms with Crippen molar-refractivity contribution < 1.29 is 14.3 Å². The highest BCUT2D eigenvalue weighted by atomic mass is 16.6. The summed E-state index contributed by atoms with van der Waals surface area (Å²) in [6.45, 7) is 11.2.